The Balaban J connectivity index is 2.16. The summed E-state index contributed by atoms with van der Waals surface area (Å²) in [5.74, 6) is -0.718. The molecule has 3 aromatic rings. The summed E-state index contributed by atoms with van der Waals surface area (Å²) in [6.45, 7) is 1.72. The summed E-state index contributed by atoms with van der Waals surface area (Å²) < 4.78 is 14.3. The summed E-state index contributed by atoms with van der Waals surface area (Å²) in [7, 11) is 0. The highest BCUT2D eigenvalue weighted by Gasteiger charge is 2.19. The van der Waals surface area contributed by atoms with Crippen LogP contribution in [0.25, 0.3) is 10.9 Å². The number of H-pyrrole nitrogens is 1. The Labute approximate surface area is 107 Å². The molecule has 0 aliphatic rings. The van der Waals surface area contributed by atoms with Crippen LogP contribution in [-0.2, 0) is 0 Å². The number of carbonyl (C=O) groups is 1. The highest BCUT2D eigenvalue weighted by atomic mass is 19.1. The number of nitrogens with one attached hydrogen (secondary N) is 1. The van der Waals surface area contributed by atoms with Gasteiger partial charge in [-0.15, -0.1) is 0 Å². The quantitative estimate of drug-likeness (QED) is 0.692. The van der Waals surface area contributed by atoms with Crippen LogP contribution in [-0.4, -0.2) is 25.9 Å². The van der Waals surface area contributed by atoms with E-state index in [4.69, 9.17) is 5.73 Å². The van der Waals surface area contributed by atoms with Gasteiger partial charge < -0.3 is 5.73 Å². The summed E-state index contributed by atoms with van der Waals surface area (Å²) in [5, 5.41) is 11.0. The number of nitrogens with two attached hydrogens (primary N) is 1. The van der Waals surface area contributed by atoms with E-state index in [0.717, 1.165) is 4.68 Å². The number of nitrogens with zero attached hydrogens (tertiary/aromatic N) is 3. The number of anilines is 1. The molecule has 0 amide bonds. The number of aromatic amines is 1. The average Bonchev–Trinajstić information content (AvgIpc) is 2.91. The molecular formula is C12H10FN5O. The summed E-state index contributed by atoms with van der Waals surface area (Å²) in [6, 6.07) is 5.64. The van der Waals surface area contributed by atoms with Crippen molar-refractivity contribution in [3.63, 3.8) is 0 Å². The Bertz CT molecular complexity index is 789. The lowest BCUT2D eigenvalue weighted by atomic mass is 10.2. The lowest BCUT2D eigenvalue weighted by Crippen LogP contribution is -2.16. The van der Waals surface area contributed by atoms with Crippen LogP contribution < -0.4 is 5.73 Å². The van der Waals surface area contributed by atoms with Crippen LogP contribution >= 0.6 is 0 Å². The maximum absolute atomic E-state index is 13.2. The van der Waals surface area contributed by atoms with E-state index in [9.17, 15) is 9.18 Å². The largest absolute Gasteiger partial charge is 0.383 e. The molecule has 2 aromatic heterocycles. The molecule has 0 saturated carbocycles. The second-order valence-corrected chi connectivity index (χ2v) is 4.19. The molecule has 0 aliphatic heterocycles. The van der Waals surface area contributed by atoms with Crippen molar-refractivity contribution >= 4 is 22.6 Å². The van der Waals surface area contributed by atoms with Crippen molar-refractivity contribution in [3.8, 4) is 0 Å². The van der Waals surface area contributed by atoms with E-state index in [1.807, 2.05) is 0 Å². The third kappa shape index (κ3) is 1.75. The molecule has 3 N–H and O–H groups in total. The van der Waals surface area contributed by atoms with E-state index in [2.05, 4.69) is 15.3 Å². The molecule has 3 rings (SSSR count). The predicted octanol–water partition coefficient (Wildman–Crippen LogP) is 1.48. The third-order valence-corrected chi connectivity index (χ3v) is 2.78. The number of aromatic nitrogens is 4. The van der Waals surface area contributed by atoms with Crippen LogP contribution in [0.1, 0.15) is 16.2 Å². The van der Waals surface area contributed by atoms with Gasteiger partial charge in [0.05, 0.1) is 11.2 Å². The first-order valence-corrected chi connectivity index (χ1v) is 5.57. The van der Waals surface area contributed by atoms with Gasteiger partial charge in [-0.2, -0.15) is 14.9 Å². The van der Waals surface area contributed by atoms with E-state index in [1.54, 1.807) is 13.0 Å². The van der Waals surface area contributed by atoms with E-state index < -0.39 is 11.7 Å². The molecule has 7 heteroatoms. The van der Waals surface area contributed by atoms with Crippen molar-refractivity contribution in [2.24, 2.45) is 0 Å². The van der Waals surface area contributed by atoms with Gasteiger partial charge in [0, 0.05) is 11.5 Å². The first kappa shape index (κ1) is 11.4. The lowest BCUT2D eigenvalue weighted by Gasteiger charge is -2.00. The van der Waals surface area contributed by atoms with Crippen LogP contribution in [0.4, 0.5) is 10.2 Å². The van der Waals surface area contributed by atoms with Gasteiger partial charge >= 0.3 is 5.91 Å². The van der Waals surface area contributed by atoms with Gasteiger partial charge in [-0.1, -0.05) is 0 Å². The lowest BCUT2D eigenvalue weighted by molar-refractivity contribution is 0.0944. The Morgan fingerprint density at radius 1 is 1.42 bits per heavy atom. The zero-order valence-electron chi connectivity index (χ0n) is 10.0. The van der Waals surface area contributed by atoms with Gasteiger partial charge in [-0.3, -0.25) is 9.89 Å². The summed E-state index contributed by atoms with van der Waals surface area (Å²) in [4.78, 5) is 12.3. The number of hydrogen-bond acceptors (Lipinski definition) is 4. The fourth-order valence-electron chi connectivity index (χ4n) is 1.93. The minimum Gasteiger partial charge on any atom is -0.383 e. The zero-order chi connectivity index (χ0) is 13.6. The Kier molecular flexibility index (Phi) is 2.34. The van der Waals surface area contributed by atoms with Crippen molar-refractivity contribution in [2.75, 3.05) is 5.73 Å². The van der Waals surface area contributed by atoms with Gasteiger partial charge in [0.1, 0.15) is 11.6 Å². The van der Waals surface area contributed by atoms with Crippen molar-refractivity contribution in [3.05, 3.63) is 41.5 Å². The van der Waals surface area contributed by atoms with Crippen molar-refractivity contribution in [2.45, 2.75) is 6.92 Å². The minimum atomic E-state index is -0.498. The highest BCUT2D eigenvalue weighted by molar-refractivity contribution is 6.06. The maximum Gasteiger partial charge on any atom is 0.301 e. The molecule has 0 aliphatic carbocycles. The Morgan fingerprint density at radius 3 is 2.89 bits per heavy atom. The maximum atomic E-state index is 13.2. The number of fused-ring (bicyclic) bond motifs is 1. The SMILES string of the molecule is Cc1cc(N)n(C(=O)c2n[nH]c3ccc(F)cc23)n1. The molecule has 0 unspecified atom stereocenters. The fourth-order valence-corrected chi connectivity index (χ4v) is 1.93. The van der Waals surface area contributed by atoms with Gasteiger partial charge in [-0.05, 0) is 25.1 Å². The molecule has 0 radical (unpaired) electrons. The molecule has 0 saturated heterocycles. The average molecular weight is 259 g/mol. The molecular weight excluding hydrogens is 249 g/mol. The van der Waals surface area contributed by atoms with E-state index in [-0.39, 0.29) is 11.5 Å². The van der Waals surface area contributed by atoms with Crippen molar-refractivity contribution in [1.29, 1.82) is 0 Å². The molecule has 0 atom stereocenters. The van der Waals surface area contributed by atoms with E-state index >= 15 is 0 Å². The molecule has 19 heavy (non-hydrogen) atoms. The summed E-state index contributed by atoms with van der Waals surface area (Å²) >= 11 is 0. The van der Waals surface area contributed by atoms with E-state index in [1.165, 1.54) is 18.2 Å². The molecule has 0 bridgehead atoms. The van der Waals surface area contributed by atoms with Crippen LogP contribution in [0.2, 0.25) is 0 Å². The standard InChI is InChI=1S/C12H10FN5O/c1-6-4-10(14)18(17-6)12(19)11-8-5-7(13)2-3-9(8)15-16-11/h2-5H,14H2,1H3,(H,15,16). The number of halogens is 1. The molecule has 0 fully saturated rings. The highest BCUT2D eigenvalue weighted by Crippen LogP contribution is 2.19. The first-order valence-electron chi connectivity index (χ1n) is 5.57. The molecule has 6 nitrogen and oxygen atoms in total. The van der Waals surface area contributed by atoms with Crippen molar-refractivity contribution in [1.82, 2.24) is 20.0 Å². The molecule has 2 heterocycles. The third-order valence-electron chi connectivity index (χ3n) is 2.78. The first-order chi connectivity index (χ1) is 9.06. The smallest absolute Gasteiger partial charge is 0.301 e. The minimum absolute atomic E-state index is 0.0873. The Morgan fingerprint density at radius 2 is 2.21 bits per heavy atom. The van der Waals surface area contributed by atoms with Crippen LogP contribution in [0.3, 0.4) is 0 Å². The van der Waals surface area contributed by atoms with Crippen LogP contribution in [0, 0.1) is 12.7 Å². The number of rotatable bonds is 1. The summed E-state index contributed by atoms with van der Waals surface area (Å²) in [6.07, 6.45) is 0. The van der Waals surface area contributed by atoms with Crippen molar-refractivity contribution < 1.29 is 9.18 Å². The number of nitrogen functional groups attached to an aromatic ring is 1. The fraction of sp³-hybridized carbons (Fsp3) is 0.0833. The monoisotopic (exact) mass is 259 g/mol. The summed E-state index contributed by atoms with van der Waals surface area (Å²) in [5.41, 5.74) is 6.98. The van der Waals surface area contributed by atoms with Gasteiger partial charge in [-0.25, -0.2) is 4.39 Å². The second-order valence-electron chi connectivity index (χ2n) is 4.19. The number of carbonyl (C=O) groups excluding carboxylic acids is 1. The number of hydrogen-bond donors (Lipinski definition) is 2. The number of benzene rings is 1. The molecule has 1 aromatic carbocycles. The molecule has 96 valence electrons. The normalized spacial score (nSPS) is 11.1. The molecule has 0 spiro atoms. The van der Waals surface area contributed by atoms with Gasteiger partial charge in [0.25, 0.3) is 0 Å². The van der Waals surface area contributed by atoms with Gasteiger partial charge in [0.15, 0.2) is 5.69 Å². The van der Waals surface area contributed by atoms with Crippen LogP contribution in [0.5, 0.6) is 0 Å². The zero-order valence-corrected chi connectivity index (χ0v) is 10.0. The second kappa shape index (κ2) is 3.91. The van der Waals surface area contributed by atoms with Gasteiger partial charge in [0.2, 0.25) is 0 Å². The topological polar surface area (TPSA) is 89.6 Å². The van der Waals surface area contributed by atoms with E-state index in [0.29, 0.717) is 16.6 Å². The Hall–Kier alpha value is -2.70. The number of aryl methyl sites for hydroxylation is 1. The predicted molar refractivity (Wildman–Crippen MR) is 67.2 cm³/mol. The van der Waals surface area contributed by atoms with Crippen LogP contribution in [0.15, 0.2) is 24.3 Å².